The summed E-state index contributed by atoms with van der Waals surface area (Å²) in [6.45, 7) is -0.162. The number of rotatable bonds is 3. The summed E-state index contributed by atoms with van der Waals surface area (Å²) in [5.41, 5.74) is 4.84. The lowest BCUT2D eigenvalue weighted by molar-refractivity contribution is 0.144. The minimum absolute atomic E-state index is 0.0301. The molecule has 6 heteroatoms. The summed E-state index contributed by atoms with van der Waals surface area (Å²) in [6, 6.07) is 0. The van der Waals surface area contributed by atoms with Crippen LogP contribution in [0.15, 0.2) is 6.20 Å². The minimum Gasteiger partial charge on any atom is -0.503 e. The fourth-order valence-corrected chi connectivity index (χ4v) is 1.15. The first-order valence-electron chi connectivity index (χ1n) is 3.84. The van der Waals surface area contributed by atoms with Gasteiger partial charge in [0.2, 0.25) is 0 Å². The van der Waals surface area contributed by atoms with Crippen LogP contribution >= 0.6 is 0 Å². The highest BCUT2D eigenvalue weighted by atomic mass is 19.3. The van der Waals surface area contributed by atoms with Crippen LogP contribution in [0.5, 0.6) is 11.5 Å². The zero-order chi connectivity index (χ0) is 10.7. The molecule has 0 amide bonds. The summed E-state index contributed by atoms with van der Waals surface area (Å²) < 4.78 is 29.6. The summed E-state index contributed by atoms with van der Waals surface area (Å²) in [4.78, 5) is 3.40. The minimum atomic E-state index is -2.73. The maximum atomic E-state index is 12.4. The molecule has 0 spiro atoms. The van der Waals surface area contributed by atoms with Gasteiger partial charge in [-0.05, 0) is 0 Å². The fraction of sp³-hybridized carbons (Fsp3) is 0.375. The van der Waals surface area contributed by atoms with Crippen molar-refractivity contribution in [2.45, 2.75) is 13.0 Å². The Kier molecular flexibility index (Phi) is 3.19. The van der Waals surface area contributed by atoms with Gasteiger partial charge >= 0.3 is 0 Å². The number of halogens is 2. The van der Waals surface area contributed by atoms with Crippen LogP contribution in [0.4, 0.5) is 8.78 Å². The first kappa shape index (κ1) is 10.6. The Morgan fingerprint density at radius 3 is 2.71 bits per heavy atom. The zero-order valence-electron chi connectivity index (χ0n) is 7.50. The van der Waals surface area contributed by atoms with E-state index < -0.39 is 12.1 Å². The van der Waals surface area contributed by atoms with Crippen LogP contribution in [-0.2, 0) is 6.54 Å². The number of aromatic nitrogens is 1. The largest absolute Gasteiger partial charge is 0.503 e. The van der Waals surface area contributed by atoms with Gasteiger partial charge in [-0.25, -0.2) is 8.78 Å². The number of nitrogens with two attached hydrogens (primary N) is 1. The Balaban J connectivity index is 3.33. The number of methoxy groups -OCH3 is 1. The van der Waals surface area contributed by atoms with Crippen molar-refractivity contribution in [3.05, 3.63) is 17.5 Å². The van der Waals surface area contributed by atoms with Gasteiger partial charge in [-0.1, -0.05) is 0 Å². The Morgan fingerprint density at radius 2 is 2.29 bits per heavy atom. The number of alkyl halides is 2. The fourth-order valence-electron chi connectivity index (χ4n) is 1.15. The van der Waals surface area contributed by atoms with Gasteiger partial charge < -0.3 is 15.6 Å². The summed E-state index contributed by atoms with van der Waals surface area (Å²) in [7, 11) is 1.27. The number of pyridine rings is 1. The molecule has 0 fully saturated rings. The van der Waals surface area contributed by atoms with E-state index in [4.69, 9.17) is 10.5 Å². The molecule has 1 heterocycles. The second kappa shape index (κ2) is 4.19. The molecule has 0 aromatic carbocycles. The lowest BCUT2D eigenvalue weighted by Crippen LogP contribution is -2.07. The molecular formula is C8H10F2N2O2. The number of nitrogens with zero attached hydrogens (tertiary/aromatic N) is 1. The maximum Gasteiger partial charge on any atom is 0.280 e. The Labute approximate surface area is 79.3 Å². The smallest absolute Gasteiger partial charge is 0.280 e. The molecule has 14 heavy (non-hydrogen) atoms. The molecule has 1 aromatic heterocycles. The monoisotopic (exact) mass is 204 g/mol. The Hall–Kier alpha value is -1.43. The van der Waals surface area contributed by atoms with Gasteiger partial charge in [0.25, 0.3) is 6.43 Å². The standard InChI is InChI=1S/C8H10F2N2O2/c1-14-7-4(2-11)6(8(9)10)12-3-5(7)13/h3,8,13H,2,11H2,1H3. The molecule has 78 valence electrons. The summed E-state index contributed by atoms with van der Waals surface area (Å²) in [5.74, 6) is -0.338. The molecule has 0 aliphatic rings. The normalized spacial score (nSPS) is 10.6. The van der Waals surface area contributed by atoms with E-state index in [-0.39, 0.29) is 23.6 Å². The van der Waals surface area contributed by atoms with Crippen molar-refractivity contribution in [3.8, 4) is 11.5 Å². The van der Waals surface area contributed by atoms with Gasteiger partial charge in [0.15, 0.2) is 11.5 Å². The molecule has 4 nitrogen and oxygen atoms in total. The van der Waals surface area contributed by atoms with Crippen molar-refractivity contribution >= 4 is 0 Å². The molecule has 0 saturated heterocycles. The van der Waals surface area contributed by atoms with Crippen LogP contribution in [-0.4, -0.2) is 17.2 Å². The lowest BCUT2D eigenvalue weighted by Gasteiger charge is -2.11. The Morgan fingerprint density at radius 1 is 1.64 bits per heavy atom. The summed E-state index contributed by atoms with van der Waals surface area (Å²) in [5, 5.41) is 9.24. The highest BCUT2D eigenvalue weighted by molar-refractivity contribution is 5.46. The van der Waals surface area contributed by atoms with Gasteiger partial charge in [-0.2, -0.15) is 0 Å². The van der Waals surface area contributed by atoms with E-state index in [1.165, 1.54) is 7.11 Å². The van der Waals surface area contributed by atoms with Crippen LogP contribution in [0.25, 0.3) is 0 Å². The van der Waals surface area contributed by atoms with E-state index in [1.807, 2.05) is 0 Å². The molecule has 1 aromatic rings. The van der Waals surface area contributed by atoms with Gasteiger partial charge in [0, 0.05) is 12.1 Å². The summed E-state index contributed by atoms with van der Waals surface area (Å²) >= 11 is 0. The third-order valence-corrected chi connectivity index (χ3v) is 1.76. The van der Waals surface area contributed by atoms with Crippen molar-refractivity contribution in [2.24, 2.45) is 5.73 Å². The molecule has 0 aliphatic carbocycles. The number of hydrogen-bond acceptors (Lipinski definition) is 4. The average molecular weight is 204 g/mol. The molecule has 1 rings (SSSR count). The molecule has 0 saturated carbocycles. The molecule has 3 N–H and O–H groups in total. The molecule has 0 bridgehead atoms. The predicted octanol–water partition coefficient (Wildman–Crippen LogP) is 1.19. The van der Waals surface area contributed by atoms with Gasteiger partial charge in [-0.15, -0.1) is 0 Å². The first-order chi connectivity index (χ1) is 6.61. The van der Waals surface area contributed by atoms with Gasteiger partial charge in [-0.3, -0.25) is 4.98 Å². The van der Waals surface area contributed by atoms with Crippen molar-refractivity contribution in [2.75, 3.05) is 7.11 Å². The highest BCUT2D eigenvalue weighted by Gasteiger charge is 2.20. The first-order valence-corrected chi connectivity index (χ1v) is 3.84. The quantitative estimate of drug-likeness (QED) is 0.776. The molecule has 0 aliphatic heterocycles. The molecular weight excluding hydrogens is 194 g/mol. The van der Waals surface area contributed by atoms with Crippen molar-refractivity contribution in [3.63, 3.8) is 0 Å². The number of hydrogen-bond donors (Lipinski definition) is 2. The van der Waals surface area contributed by atoms with Crippen molar-refractivity contribution < 1.29 is 18.6 Å². The van der Waals surface area contributed by atoms with Crippen LogP contribution < -0.4 is 10.5 Å². The lowest BCUT2D eigenvalue weighted by atomic mass is 10.1. The van der Waals surface area contributed by atoms with E-state index in [0.29, 0.717) is 0 Å². The van der Waals surface area contributed by atoms with E-state index in [9.17, 15) is 13.9 Å². The van der Waals surface area contributed by atoms with E-state index in [2.05, 4.69) is 4.98 Å². The van der Waals surface area contributed by atoms with Gasteiger partial charge in [0.1, 0.15) is 5.69 Å². The highest BCUT2D eigenvalue weighted by Crippen LogP contribution is 2.34. The molecule has 0 atom stereocenters. The van der Waals surface area contributed by atoms with Crippen LogP contribution in [0, 0.1) is 0 Å². The van der Waals surface area contributed by atoms with Crippen LogP contribution in [0.1, 0.15) is 17.7 Å². The van der Waals surface area contributed by atoms with E-state index in [1.54, 1.807) is 0 Å². The third-order valence-electron chi connectivity index (χ3n) is 1.76. The topological polar surface area (TPSA) is 68.4 Å². The second-order valence-corrected chi connectivity index (χ2v) is 2.55. The number of ether oxygens (including phenoxy) is 1. The predicted molar refractivity (Wildman–Crippen MR) is 45.3 cm³/mol. The molecule has 0 unspecified atom stereocenters. The van der Waals surface area contributed by atoms with Crippen LogP contribution in [0.2, 0.25) is 0 Å². The Bertz CT molecular complexity index is 331. The van der Waals surface area contributed by atoms with Gasteiger partial charge in [0.05, 0.1) is 13.3 Å². The summed E-state index contributed by atoms with van der Waals surface area (Å²) in [6.07, 6.45) is -1.82. The van der Waals surface area contributed by atoms with Crippen LogP contribution in [0.3, 0.4) is 0 Å². The number of aromatic hydroxyl groups is 1. The van der Waals surface area contributed by atoms with Crippen molar-refractivity contribution in [1.82, 2.24) is 4.98 Å². The third kappa shape index (κ3) is 1.74. The van der Waals surface area contributed by atoms with E-state index in [0.717, 1.165) is 6.20 Å². The van der Waals surface area contributed by atoms with E-state index >= 15 is 0 Å². The maximum absolute atomic E-state index is 12.4. The molecule has 0 radical (unpaired) electrons. The zero-order valence-corrected chi connectivity index (χ0v) is 7.50. The van der Waals surface area contributed by atoms with Crippen molar-refractivity contribution in [1.29, 1.82) is 0 Å². The SMILES string of the molecule is COc1c(O)cnc(C(F)F)c1CN. The second-order valence-electron chi connectivity index (χ2n) is 2.55. The average Bonchev–Trinajstić information content (AvgIpc) is 2.16.